The second-order valence-corrected chi connectivity index (χ2v) is 4.13. The first kappa shape index (κ1) is 15.3. The van der Waals surface area contributed by atoms with E-state index in [-0.39, 0.29) is 13.0 Å². The van der Waals surface area contributed by atoms with E-state index >= 15 is 0 Å². The van der Waals surface area contributed by atoms with Crippen LogP contribution in [0, 0.1) is 0 Å². The van der Waals surface area contributed by atoms with Gasteiger partial charge in [0.05, 0.1) is 19.6 Å². The fourth-order valence-corrected chi connectivity index (χ4v) is 1.37. The molecule has 0 spiro atoms. The largest absolute Gasteiger partial charge is 0.493 e. The van der Waals surface area contributed by atoms with E-state index in [9.17, 15) is 9.59 Å². The van der Waals surface area contributed by atoms with E-state index in [1.54, 1.807) is 24.3 Å². The number of aliphatic hydroxyl groups excluding tert-OH is 1. The Bertz CT molecular complexity index is 434. The summed E-state index contributed by atoms with van der Waals surface area (Å²) in [5.41, 5.74) is 0. The number of carbonyl (C=O) groups is 2. The Hall–Kier alpha value is -1.79. The number of halogens is 1. The predicted molar refractivity (Wildman–Crippen MR) is 68.2 cm³/mol. The summed E-state index contributed by atoms with van der Waals surface area (Å²) in [6, 6.07) is 5.34. The first-order valence-electron chi connectivity index (χ1n) is 5.54. The van der Waals surface area contributed by atoms with Crippen molar-refractivity contribution < 1.29 is 24.5 Å². The molecule has 0 saturated carbocycles. The second kappa shape index (κ2) is 7.60. The highest BCUT2D eigenvalue weighted by molar-refractivity contribution is 6.30. The molecule has 0 heterocycles. The Morgan fingerprint density at radius 3 is 2.47 bits per heavy atom. The van der Waals surface area contributed by atoms with Crippen molar-refractivity contribution in [2.75, 3.05) is 13.2 Å². The van der Waals surface area contributed by atoms with Gasteiger partial charge in [-0.1, -0.05) is 11.6 Å². The standard InChI is InChI=1S/C12H14ClNO5/c13-8-1-3-9(4-2-8)19-6-5-11(16)14-10(7-15)12(17)18/h1-4,10,15H,5-7H2,(H,14,16)(H,17,18). The fourth-order valence-electron chi connectivity index (χ4n) is 1.24. The molecule has 0 fully saturated rings. The maximum Gasteiger partial charge on any atom is 0.328 e. The molecule has 0 aliphatic heterocycles. The van der Waals surface area contributed by atoms with Gasteiger partial charge in [0.2, 0.25) is 5.91 Å². The average molecular weight is 288 g/mol. The summed E-state index contributed by atoms with van der Waals surface area (Å²) in [4.78, 5) is 21.9. The molecule has 3 N–H and O–H groups in total. The zero-order chi connectivity index (χ0) is 14.3. The third kappa shape index (κ3) is 5.58. The van der Waals surface area contributed by atoms with Crippen molar-refractivity contribution in [3.05, 3.63) is 29.3 Å². The summed E-state index contributed by atoms with van der Waals surface area (Å²) < 4.78 is 5.28. The maximum atomic E-state index is 11.4. The third-order valence-corrected chi connectivity index (χ3v) is 2.48. The third-order valence-electron chi connectivity index (χ3n) is 2.23. The summed E-state index contributed by atoms with van der Waals surface area (Å²) in [5, 5.41) is 20.1. The Morgan fingerprint density at radius 1 is 1.32 bits per heavy atom. The Labute approximate surface area is 114 Å². The zero-order valence-electron chi connectivity index (χ0n) is 10.0. The highest BCUT2D eigenvalue weighted by Crippen LogP contribution is 2.15. The minimum absolute atomic E-state index is 0.00753. The van der Waals surface area contributed by atoms with E-state index in [1.165, 1.54) is 0 Å². The van der Waals surface area contributed by atoms with E-state index in [1.807, 2.05) is 0 Å². The molecule has 0 aliphatic rings. The van der Waals surface area contributed by atoms with Crippen LogP contribution in [0.4, 0.5) is 0 Å². The number of carbonyl (C=O) groups excluding carboxylic acids is 1. The van der Waals surface area contributed by atoms with Gasteiger partial charge in [-0.2, -0.15) is 0 Å². The van der Waals surface area contributed by atoms with E-state index < -0.39 is 24.5 Å². The molecule has 1 rings (SSSR count). The number of carboxylic acids is 1. The lowest BCUT2D eigenvalue weighted by molar-refractivity contribution is -0.143. The summed E-state index contributed by atoms with van der Waals surface area (Å²) in [6.45, 7) is -0.551. The van der Waals surface area contributed by atoms with Crippen LogP contribution in [0.1, 0.15) is 6.42 Å². The molecule has 104 valence electrons. The summed E-state index contributed by atoms with van der Waals surface area (Å²) in [5.74, 6) is -1.22. The summed E-state index contributed by atoms with van der Waals surface area (Å²) in [7, 11) is 0. The Kier molecular flexibility index (Phi) is 6.11. The molecule has 1 aromatic carbocycles. The van der Waals surface area contributed by atoms with E-state index in [0.29, 0.717) is 10.8 Å². The second-order valence-electron chi connectivity index (χ2n) is 3.69. The van der Waals surface area contributed by atoms with Crippen molar-refractivity contribution in [2.24, 2.45) is 0 Å². The van der Waals surface area contributed by atoms with Crippen molar-refractivity contribution in [1.29, 1.82) is 0 Å². The van der Waals surface area contributed by atoms with Crippen LogP contribution in [0.15, 0.2) is 24.3 Å². The van der Waals surface area contributed by atoms with Gasteiger partial charge in [-0.05, 0) is 24.3 Å². The smallest absolute Gasteiger partial charge is 0.328 e. The first-order valence-corrected chi connectivity index (χ1v) is 5.92. The van der Waals surface area contributed by atoms with Crippen LogP contribution in [0.3, 0.4) is 0 Å². The summed E-state index contributed by atoms with van der Waals surface area (Å²) >= 11 is 5.70. The highest BCUT2D eigenvalue weighted by Gasteiger charge is 2.18. The van der Waals surface area contributed by atoms with Crippen LogP contribution in [0.5, 0.6) is 5.75 Å². The highest BCUT2D eigenvalue weighted by atomic mass is 35.5. The van der Waals surface area contributed by atoms with Crippen molar-refractivity contribution in [3.63, 3.8) is 0 Å². The number of amides is 1. The lowest BCUT2D eigenvalue weighted by Gasteiger charge is -2.11. The van der Waals surface area contributed by atoms with E-state index in [0.717, 1.165) is 0 Å². The van der Waals surface area contributed by atoms with E-state index in [4.69, 9.17) is 26.6 Å². The monoisotopic (exact) mass is 287 g/mol. The summed E-state index contributed by atoms with van der Waals surface area (Å²) in [6.07, 6.45) is -0.00753. The fraction of sp³-hybridized carbons (Fsp3) is 0.333. The van der Waals surface area contributed by atoms with Crippen LogP contribution < -0.4 is 10.1 Å². The Balaban J connectivity index is 2.30. The number of hydrogen-bond acceptors (Lipinski definition) is 4. The number of rotatable bonds is 7. The number of aliphatic carboxylic acids is 1. The molecule has 0 radical (unpaired) electrons. The maximum absolute atomic E-state index is 11.4. The first-order chi connectivity index (χ1) is 9.02. The van der Waals surface area contributed by atoms with Gasteiger partial charge in [0, 0.05) is 5.02 Å². The van der Waals surface area contributed by atoms with Gasteiger partial charge < -0.3 is 20.3 Å². The number of carboxylic acid groups (broad SMARTS) is 1. The average Bonchev–Trinajstić information content (AvgIpc) is 2.38. The molecule has 6 nitrogen and oxygen atoms in total. The van der Waals surface area contributed by atoms with Gasteiger partial charge in [-0.3, -0.25) is 4.79 Å². The number of hydrogen-bond donors (Lipinski definition) is 3. The lowest BCUT2D eigenvalue weighted by Crippen LogP contribution is -2.43. The van der Waals surface area contributed by atoms with Crippen LogP contribution in [0.2, 0.25) is 5.02 Å². The van der Waals surface area contributed by atoms with Gasteiger partial charge in [0.15, 0.2) is 0 Å². The molecule has 1 atom stereocenters. The van der Waals surface area contributed by atoms with Gasteiger partial charge in [0.25, 0.3) is 0 Å². The van der Waals surface area contributed by atoms with Crippen LogP contribution in [-0.2, 0) is 9.59 Å². The van der Waals surface area contributed by atoms with Crippen LogP contribution in [0.25, 0.3) is 0 Å². The van der Waals surface area contributed by atoms with Gasteiger partial charge >= 0.3 is 5.97 Å². The van der Waals surface area contributed by atoms with E-state index in [2.05, 4.69) is 5.32 Å². The quantitative estimate of drug-likeness (QED) is 0.685. The van der Waals surface area contributed by atoms with Crippen molar-refractivity contribution >= 4 is 23.5 Å². The van der Waals surface area contributed by atoms with Gasteiger partial charge in [-0.15, -0.1) is 0 Å². The topological polar surface area (TPSA) is 95.9 Å². The molecule has 0 bridgehead atoms. The SMILES string of the molecule is O=C(CCOc1ccc(Cl)cc1)NC(CO)C(=O)O. The number of ether oxygens (including phenoxy) is 1. The Morgan fingerprint density at radius 2 is 1.95 bits per heavy atom. The molecular formula is C12H14ClNO5. The number of nitrogens with one attached hydrogen (secondary N) is 1. The number of aliphatic hydroxyl groups is 1. The van der Waals surface area contributed by atoms with Crippen LogP contribution in [-0.4, -0.2) is 41.3 Å². The molecule has 0 saturated heterocycles. The molecule has 1 amide bonds. The minimum Gasteiger partial charge on any atom is -0.493 e. The normalized spacial score (nSPS) is 11.7. The van der Waals surface area contributed by atoms with Crippen molar-refractivity contribution in [2.45, 2.75) is 12.5 Å². The molecule has 19 heavy (non-hydrogen) atoms. The molecule has 1 aromatic rings. The van der Waals surface area contributed by atoms with Gasteiger partial charge in [0.1, 0.15) is 11.8 Å². The van der Waals surface area contributed by atoms with Gasteiger partial charge in [-0.25, -0.2) is 4.79 Å². The van der Waals surface area contributed by atoms with Crippen LogP contribution >= 0.6 is 11.6 Å². The predicted octanol–water partition coefficient (Wildman–Crippen LogP) is 0.671. The molecule has 1 unspecified atom stereocenters. The molecule has 0 aromatic heterocycles. The van der Waals surface area contributed by atoms with Crippen molar-refractivity contribution in [1.82, 2.24) is 5.32 Å². The zero-order valence-corrected chi connectivity index (χ0v) is 10.8. The molecule has 0 aliphatic carbocycles. The molecule has 7 heteroatoms. The number of benzene rings is 1. The molecular weight excluding hydrogens is 274 g/mol. The van der Waals surface area contributed by atoms with Crippen molar-refractivity contribution in [3.8, 4) is 5.75 Å². The lowest BCUT2D eigenvalue weighted by atomic mass is 10.3. The minimum atomic E-state index is -1.29.